The summed E-state index contributed by atoms with van der Waals surface area (Å²) in [5.41, 5.74) is 0.327. The molecule has 8 nitrogen and oxygen atoms in total. The van der Waals surface area contributed by atoms with Crippen molar-refractivity contribution in [2.24, 2.45) is 0 Å². The molecule has 0 radical (unpaired) electrons. The lowest BCUT2D eigenvalue weighted by molar-refractivity contribution is -0.140. The third kappa shape index (κ3) is 7.16. The van der Waals surface area contributed by atoms with Crippen molar-refractivity contribution in [3.8, 4) is 0 Å². The Morgan fingerprint density at radius 1 is 1.06 bits per heavy atom. The van der Waals surface area contributed by atoms with Crippen LogP contribution in [0.15, 0.2) is 48.5 Å². The van der Waals surface area contributed by atoms with Gasteiger partial charge in [-0.2, -0.15) is 12.7 Å². The number of rotatable bonds is 12. The molecule has 0 aliphatic rings. The SMILES string of the molecule is CCCNC(=O)C(CC)N(Cc1ccccc1Cl)C(=O)CN(c1ccccc1F)S(=O)(=O)N(C)C. The molecule has 0 saturated heterocycles. The van der Waals surface area contributed by atoms with Crippen molar-refractivity contribution in [2.75, 3.05) is 31.5 Å². The van der Waals surface area contributed by atoms with E-state index in [0.717, 1.165) is 10.4 Å². The van der Waals surface area contributed by atoms with Gasteiger partial charge in [0.2, 0.25) is 11.8 Å². The zero-order valence-electron chi connectivity index (χ0n) is 20.4. The van der Waals surface area contributed by atoms with E-state index in [-0.39, 0.29) is 24.6 Å². The minimum absolute atomic E-state index is 0.0241. The van der Waals surface area contributed by atoms with Crippen LogP contribution in [0.25, 0.3) is 0 Å². The van der Waals surface area contributed by atoms with Crippen molar-refractivity contribution >= 4 is 39.3 Å². The second-order valence-electron chi connectivity index (χ2n) is 8.08. The zero-order valence-corrected chi connectivity index (χ0v) is 21.9. The largest absolute Gasteiger partial charge is 0.354 e. The molecule has 1 N–H and O–H groups in total. The summed E-state index contributed by atoms with van der Waals surface area (Å²) in [6.45, 7) is 3.37. The van der Waals surface area contributed by atoms with Gasteiger partial charge in [-0.25, -0.2) is 8.70 Å². The van der Waals surface area contributed by atoms with E-state index in [9.17, 15) is 22.4 Å². The highest BCUT2D eigenvalue weighted by atomic mass is 35.5. The topological polar surface area (TPSA) is 90.0 Å². The Bertz CT molecular complexity index is 1130. The van der Waals surface area contributed by atoms with Crippen molar-refractivity contribution in [3.05, 3.63) is 64.9 Å². The van der Waals surface area contributed by atoms with Crippen molar-refractivity contribution in [2.45, 2.75) is 39.3 Å². The molecule has 0 aliphatic heterocycles. The Balaban J connectivity index is 2.52. The smallest absolute Gasteiger partial charge is 0.304 e. The van der Waals surface area contributed by atoms with Crippen LogP contribution in [-0.2, 0) is 26.3 Å². The van der Waals surface area contributed by atoms with Crippen molar-refractivity contribution in [3.63, 3.8) is 0 Å². The van der Waals surface area contributed by atoms with E-state index in [2.05, 4.69) is 5.32 Å². The Morgan fingerprint density at radius 2 is 1.69 bits per heavy atom. The third-order valence-electron chi connectivity index (χ3n) is 5.37. The van der Waals surface area contributed by atoms with Crippen LogP contribution in [-0.4, -0.2) is 62.7 Å². The van der Waals surface area contributed by atoms with Crippen LogP contribution in [0.3, 0.4) is 0 Å². The third-order valence-corrected chi connectivity index (χ3v) is 7.55. The Kier molecular flexibility index (Phi) is 10.5. The molecule has 0 spiro atoms. The number of anilines is 1. The fraction of sp³-hybridized carbons (Fsp3) is 0.417. The maximum atomic E-state index is 14.6. The molecule has 2 aromatic carbocycles. The van der Waals surface area contributed by atoms with Crippen LogP contribution < -0.4 is 9.62 Å². The number of nitrogens with one attached hydrogen (secondary N) is 1. The average molecular weight is 527 g/mol. The highest BCUT2D eigenvalue weighted by molar-refractivity contribution is 7.90. The van der Waals surface area contributed by atoms with Gasteiger partial charge < -0.3 is 10.2 Å². The lowest BCUT2D eigenvalue weighted by Crippen LogP contribution is -2.53. The first-order chi connectivity index (χ1) is 16.5. The van der Waals surface area contributed by atoms with Crippen LogP contribution >= 0.6 is 11.6 Å². The number of carbonyl (C=O) groups is 2. The molecule has 0 heterocycles. The van der Waals surface area contributed by atoms with Crippen LogP contribution in [0.2, 0.25) is 5.02 Å². The first-order valence-electron chi connectivity index (χ1n) is 11.3. The Hall–Kier alpha value is -2.69. The monoisotopic (exact) mass is 526 g/mol. The van der Waals surface area contributed by atoms with Gasteiger partial charge >= 0.3 is 10.2 Å². The molecule has 0 fully saturated rings. The van der Waals surface area contributed by atoms with E-state index < -0.39 is 34.5 Å². The summed E-state index contributed by atoms with van der Waals surface area (Å²) in [6.07, 6.45) is 0.995. The summed E-state index contributed by atoms with van der Waals surface area (Å²) in [7, 11) is -1.65. The first kappa shape index (κ1) is 28.5. The molecule has 0 aromatic heterocycles. The number of amides is 2. The minimum Gasteiger partial charge on any atom is -0.354 e. The first-order valence-corrected chi connectivity index (χ1v) is 13.1. The number of hydrogen-bond donors (Lipinski definition) is 1. The molecule has 2 amide bonds. The second-order valence-corrected chi connectivity index (χ2v) is 10.6. The van der Waals surface area contributed by atoms with Crippen LogP contribution in [0.1, 0.15) is 32.3 Å². The van der Waals surface area contributed by atoms with Gasteiger partial charge in [0.25, 0.3) is 0 Å². The summed E-state index contributed by atoms with van der Waals surface area (Å²) in [4.78, 5) is 27.9. The summed E-state index contributed by atoms with van der Waals surface area (Å²) in [5.74, 6) is -1.82. The van der Waals surface area contributed by atoms with Gasteiger partial charge in [-0.05, 0) is 36.6 Å². The lowest BCUT2D eigenvalue weighted by Gasteiger charge is -2.34. The van der Waals surface area contributed by atoms with Gasteiger partial charge in [0.05, 0.1) is 5.69 Å². The number of hydrogen-bond acceptors (Lipinski definition) is 4. The molecule has 2 aromatic rings. The van der Waals surface area contributed by atoms with Gasteiger partial charge in [0.15, 0.2) is 0 Å². The van der Waals surface area contributed by atoms with Crippen LogP contribution in [0.4, 0.5) is 10.1 Å². The van der Waals surface area contributed by atoms with E-state index in [0.29, 0.717) is 27.9 Å². The fourth-order valence-electron chi connectivity index (χ4n) is 3.45. The van der Waals surface area contributed by atoms with Crippen molar-refractivity contribution < 1.29 is 22.4 Å². The minimum atomic E-state index is -4.24. The van der Waals surface area contributed by atoms with Crippen molar-refractivity contribution in [1.29, 1.82) is 0 Å². The van der Waals surface area contributed by atoms with Gasteiger partial charge in [-0.3, -0.25) is 9.59 Å². The highest BCUT2D eigenvalue weighted by Crippen LogP contribution is 2.25. The molecule has 1 unspecified atom stereocenters. The molecule has 11 heteroatoms. The number of para-hydroxylation sites is 1. The molecule has 192 valence electrons. The fourth-order valence-corrected chi connectivity index (χ4v) is 4.71. The van der Waals surface area contributed by atoms with Gasteiger partial charge in [0, 0.05) is 32.2 Å². The second kappa shape index (κ2) is 12.9. The number of carbonyl (C=O) groups excluding carboxylic acids is 2. The number of benzene rings is 2. The molecule has 35 heavy (non-hydrogen) atoms. The molecular formula is C24H32ClFN4O4S. The van der Waals surface area contributed by atoms with Gasteiger partial charge in [-0.15, -0.1) is 0 Å². The standard InChI is InChI=1S/C24H32ClFN4O4S/c1-5-15-27-24(32)21(6-2)29(16-18-11-7-8-12-19(18)25)23(31)17-30(35(33,34)28(3)4)22-14-10-9-13-20(22)26/h7-14,21H,5-6,15-17H2,1-4H3,(H,27,32). The molecule has 2 rings (SSSR count). The molecule has 1 atom stereocenters. The lowest BCUT2D eigenvalue weighted by atomic mass is 10.1. The predicted octanol–water partition coefficient (Wildman–Crippen LogP) is 3.43. The average Bonchev–Trinajstić information content (AvgIpc) is 2.82. The van der Waals surface area contributed by atoms with Crippen molar-refractivity contribution in [1.82, 2.24) is 14.5 Å². The molecule has 0 bridgehead atoms. The Morgan fingerprint density at radius 3 is 2.26 bits per heavy atom. The number of nitrogens with zero attached hydrogens (tertiary/aromatic N) is 3. The summed E-state index contributed by atoms with van der Waals surface area (Å²) in [5, 5.41) is 3.20. The molecule has 0 aliphatic carbocycles. The molecule has 0 saturated carbocycles. The van der Waals surface area contributed by atoms with Gasteiger partial charge in [0.1, 0.15) is 18.4 Å². The molecular weight excluding hydrogens is 495 g/mol. The van der Waals surface area contributed by atoms with E-state index in [4.69, 9.17) is 11.6 Å². The van der Waals surface area contributed by atoms with Gasteiger partial charge in [-0.1, -0.05) is 55.8 Å². The quantitative estimate of drug-likeness (QED) is 0.459. The van der Waals surface area contributed by atoms with Crippen LogP contribution in [0.5, 0.6) is 0 Å². The summed E-state index contributed by atoms with van der Waals surface area (Å²) < 4.78 is 42.4. The van der Waals surface area contributed by atoms with E-state index >= 15 is 0 Å². The Labute approximate surface area is 211 Å². The highest BCUT2D eigenvalue weighted by Gasteiger charge is 2.34. The van der Waals surface area contributed by atoms with E-state index in [1.807, 2.05) is 6.92 Å². The maximum Gasteiger partial charge on any atom is 0.304 e. The van der Waals surface area contributed by atoms with E-state index in [1.54, 1.807) is 31.2 Å². The normalized spacial score (nSPS) is 12.3. The predicted molar refractivity (Wildman–Crippen MR) is 136 cm³/mol. The summed E-state index contributed by atoms with van der Waals surface area (Å²) in [6, 6.07) is 11.3. The zero-order chi connectivity index (χ0) is 26.2. The summed E-state index contributed by atoms with van der Waals surface area (Å²) >= 11 is 6.32. The van der Waals surface area contributed by atoms with E-state index in [1.165, 1.54) is 37.2 Å². The maximum absolute atomic E-state index is 14.6. The van der Waals surface area contributed by atoms with Crippen LogP contribution in [0, 0.1) is 5.82 Å². The number of halogens is 2.